The summed E-state index contributed by atoms with van der Waals surface area (Å²) in [5.41, 5.74) is 6.20. The van der Waals surface area contributed by atoms with Crippen molar-refractivity contribution in [2.75, 3.05) is 0 Å². The maximum absolute atomic E-state index is 11.9. The molecule has 1 heterocycles. The Hall–Kier alpha value is -3.14. The molecule has 2 aromatic carbocycles. The summed E-state index contributed by atoms with van der Waals surface area (Å²) >= 11 is 0. The van der Waals surface area contributed by atoms with Gasteiger partial charge in [0.1, 0.15) is 5.76 Å². The molecular formula is C19H16N2O2. The van der Waals surface area contributed by atoms with Crippen molar-refractivity contribution < 1.29 is 9.21 Å². The van der Waals surface area contributed by atoms with Crippen LogP contribution in [0.15, 0.2) is 76.4 Å². The first-order valence-corrected chi connectivity index (χ1v) is 7.27. The lowest BCUT2D eigenvalue weighted by Crippen LogP contribution is -2.17. The largest absolute Gasteiger partial charge is 0.469 e. The topological polar surface area (TPSA) is 54.6 Å². The van der Waals surface area contributed by atoms with E-state index in [9.17, 15) is 4.79 Å². The van der Waals surface area contributed by atoms with Gasteiger partial charge in [-0.25, -0.2) is 5.43 Å². The molecule has 0 atom stereocenters. The fraction of sp³-hybridized carbons (Fsp3) is 0.0526. The van der Waals surface area contributed by atoms with Crippen molar-refractivity contribution in [1.82, 2.24) is 5.43 Å². The molecule has 1 amide bonds. The number of benzene rings is 2. The van der Waals surface area contributed by atoms with E-state index in [1.165, 1.54) is 11.8 Å². The number of amides is 1. The number of nitrogens with zero attached hydrogens (tertiary/aromatic N) is 1. The molecule has 3 rings (SSSR count). The van der Waals surface area contributed by atoms with E-state index in [0.29, 0.717) is 11.3 Å². The van der Waals surface area contributed by atoms with Crippen molar-refractivity contribution in [3.05, 3.63) is 83.8 Å². The second-order valence-electron chi connectivity index (χ2n) is 5.08. The molecule has 0 saturated carbocycles. The molecule has 0 fully saturated rings. The minimum atomic E-state index is -0.284. The van der Waals surface area contributed by atoms with Crippen molar-refractivity contribution in [2.45, 2.75) is 6.92 Å². The molecule has 23 heavy (non-hydrogen) atoms. The van der Waals surface area contributed by atoms with Gasteiger partial charge in [-0.05, 0) is 29.7 Å². The third-order valence-corrected chi connectivity index (χ3v) is 3.50. The van der Waals surface area contributed by atoms with Gasteiger partial charge >= 0.3 is 0 Å². The van der Waals surface area contributed by atoms with Gasteiger partial charge in [-0.3, -0.25) is 4.79 Å². The van der Waals surface area contributed by atoms with Gasteiger partial charge in [0.2, 0.25) is 0 Å². The zero-order chi connectivity index (χ0) is 16.1. The molecule has 0 spiro atoms. The van der Waals surface area contributed by atoms with Crippen LogP contribution in [0, 0.1) is 6.92 Å². The van der Waals surface area contributed by atoms with Crippen LogP contribution < -0.4 is 5.43 Å². The quantitative estimate of drug-likeness (QED) is 0.584. The maximum atomic E-state index is 11.9. The Labute approximate surface area is 134 Å². The van der Waals surface area contributed by atoms with Crippen LogP contribution in [0.4, 0.5) is 0 Å². The van der Waals surface area contributed by atoms with E-state index in [1.807, 2.05) is 42.5 Å². The number of hydrazone groups is 1. The molecule has 1 aromatic heterocycles. The normalized spacial score (nSPS) is 10.8. The van der Waals surface area contributed by atoms with E-state index in [1.54, 1.807) is 19.2 Å². The summed E-state index contributed by atoms with van der Waals surface area (Å²) in [4.78, 5) is 11.9. The zero-order valence-electron chi connectivity index (χ0n) is 12.7. The number of rotatable bonds is 4. The third-order valence-electron chi connectivity index (χ3n) is 3.50. The van der Waals surface area contributed by atoms with E-state index >= 15 is 0 Å². The van der Waals surface area contributed by atoms with Gasteiger partial charge < -0.3 is 4.42 Å². The zero-order valence-corrected chi connectivity index (χ0v) is 12.7. The Morgan fingerprint density at radius 2 is 1.70 bits per heavy atom. The number of hydrogen-bond donors (Lipinski definition) is 1. The molecule has 0 unspecified atom stereocenters. The lowest BCUT2D eigenvalue weighted by molar-refractivity contribution is 0.0953. The van der Waals surface area contributed by atoms with Crippen LogP contribution in [0.25, 0.3) is 11.1 Å². The number of nitrogens with one attached hydrogen (secondary N) is 1. The van der Waals surface area contributed by atoms with Crippen molar-refractivity contribution in [1.29, 1.82) is 0 Å². The highest BCUT2D eigenvalue weighted by Crippen LogP contribution is 2.18. The molecule has 0 bridgehead atoms. The molecule has 0 aliphatic carbocycles. The van der Waals surface area contributed by atoms with Gasteiger partial charge in [-0.15, -0.1) is 0 Å². The molecular weight excluding hydrogens is 288 g/mol. The van der Waals surface area contributed by atoms with Crippen LogP contribution in [-0.4, -0.2) is 12.1 Å². The standard InChI is InChI=1S/C19H16N2O2/c1-14-18(11-12-23-14)19(22)21-20-13-15-7-9-17(10-8-15)16-5-3-2-4-6-16/h2-13H,1H3,(H,21,22). The first kappa shape index (κ1) is 14.8. The predicted molar refractivity (Wildman–Crippen MR) is 90.4 cm³/mol. The van der Waals surface area contributed by atoms with Gasteiger partial charge in [0.15, 0.2) is 0 Å². The van der Waals surface area contributed by atoms with Gasteiger partial charge in [0.05, 0.1) is 18.0 Å². The van der Waals surface area contributed by atoms with Crippen molar-refractivity contribution in [2.24, 2.45) is 5.10 Å². The van der Waals surface area contributed by atoms with E-state index in [-0.39, 0.29) is 5.91 Å². The summed E-state index contributed by atoms with van der Waals surface area (Å²) in [6.45, 7) is 1.74. The van der Waals surface area contributed by atoms with Gasteiger partial charge in [0, 0.05) is 0 Å². The molecule has 0 radical (unpaired) electrons. The van der Waals surface area contributed by atoms with Crippen molar-refractivity contribution in [3.63, 3.8) is 0 Å². The highest BCUT2D eigenvalue weighted by atomic mass is 16.3. The lowest BCUT2D eigenvalue weighted by Gasteiger charge is -2.02. The lowest BCUT2D eigenvalue weighted by atomic mass is 10.0. The molecule has 4 heteroatoms. The molecule has 4 nitrogen and oxygen atoms in total. The van der Waals surface area contributed by atoms with Crippen molar-refractivity contribution in [3.8, 4) is 11.1 Å². The fourth-order valence-corrected chi connectivity index (χ4v) is 2.24. The van der Waals surface area contributed by atoms with Crippen LogP contribution in [0.3, 0.4) is 0 Å². The fourth-order valence-electron chi connectivity index (χ4n) is 2.24. The number of hydrogen-bond acceptors (Lipinski definition) is 3. The van der Waals surface area contributed by atoms with Crippen LogP contribution >= 0.6 is 0 Å². The number of carbonyl (C=O) groups excluding carboxylic acids is 1. The maximum Gasteiger partial charge on any atom is 0.274 e. The Balaban J connectivity index is 1.64. The van der Waals surface area contributed by atoms with Gasteiger partial charge in [-0.1, -0.05) is 54.6 Å². The Morgan fingerprint density at radius 3 is 2.35 bits per heavy atom. The summed E-state index contributed by atoms with van der Waals surface area (Å²) in [7, 11) is 0. The van der Waals surface area contributed by atoms with Crippen LogP contribution in [0.1, 0.15) is 21.7 Å². The van der Waals surface area contributed by atoms with E-state index in [4.69, 9.17) is 4.42 Å². The monoisotopic (exact) mass is 304 g/mol. The third kappa shape index (κ3) is 3.55. The smallest absolute Gasteiger partial charge is 0.274 e. The summed E-state index contributed by atoms with van der Waals surface area (Å²) in [5.74, 6) is 0.290. The Kier molecular flexibility index (Phi) is 4.34. The SMILES string of the molecule is Cc1occc1C(=O)NN=Cc1ccc(-c2ccccc2)cc1. The minimum absolute atomic E-state index is 0.284. The predicted octanol–water partition coefficient (Wildman–Crippen LogP) is 4.02. The van der Waals surface area contributed by atoms with Crippen LogP contribution in [0.2, 0.25) is 0 Å². The molecule has 1 N–H and O–H groups in total. The Morgan fingerprint density at radius 1 is 1.00 bits per heavy atom. The molecule has 0 aliphatic rings. The first-order chi connectivity index (χ1) is 11.2. The Bertz CT molecular complexity index is 818. The van der Waals surface area contributed by atoms with Crippen LogP contribution in [-0.2, 0) is 0 Å². The summed E-state index contributed by atoms with van der Waals surface area (Å²) < 4.78 is 5.09. The van der Waals surface area contributed by atoms with Crippen molar-refractivity contribution >= 4 is 12.1 Å². The number of aryl methyl sites for hydroxylation is 1. The minimum Gasteiger partial charge on any atom is -0.469 e. The van der Waals surface area contributed by atoms with E-state index in [0.717, 1.165) is 11.1 Å². The van der Waals surface area contributed by atoms with E-state index in [2.05, 4.69) is 22.7 Å². The molecule has 0 aliphatic heterocycles. The van der Waals surface area contributed by atoms with E-state index < -0.39 is 0 Å². The van der Waals surface area contributed by atoms with Gasteiger partial charge in [0.25, 0.3) is 5.91 Å². The molecule has 114 valence electrons. The second kappa shape index (κ2) is 6.75. The second-order valence-corrected chi connectivity index (χ2v) is 5.08. The highest BCUT2D eigenvalue weighted by molar-refractivity contribution is 5.95. The first-order valence-electron chi connectivity index (χ1n) is 7.27. The van der Waals surface area contributed by atoms with Gasteiger partial charge in [-0.2, -0.15) is 5.10 Å². The van der Waals surface area contributed by atoms with Crippen LogP contribution in [0.5, 0.6) is 0 Å². The average molecular weight is 304 g/mol. The average Bonchev–Trinajstić information content (AvgIpc) is 3.02. The number of furan rings is 1. The summed E-state index contributed by atoms with van der Waals surface area (Å²) in [5, 5.41) is 3.97. The molecule has 0 saturated heterocycles. The molecule has 3 aromatic rings. The number of carbonyl (C=O) groups is 1. The summed E-state index contributed by atoms with van der Waals surface area (Å²) in [6.07, 6.45) is 3.10. The highest BCUT2D eigenvalue weighted by Gasteiger charge is 2.09. The summed E-state index contributed by atoms with van der Waals surface area (Å²) in [6, 6.07) is 19.7.